The zero-order chi connectivity index (χ0) is 28.8. The van der Waals surface area contributed by atoms with Crippen LogP contribution in [0.2, 0.25) is 10.0 Å². The van der Waals surface area contributed by atoms with Crippen molar-refractivity contribution in [3.63, 3.8) is 0 Å². The molecule has 0 amide bonds. The molecule has 0 spiro atoms. The molecule has 0 saturated carbocycles. The van der Waals surface area contributed by atoms with Gasteiger partial charge in [-0.3, -0.25) is 0 Å². The van der Waals surface area contributed by atoms with E-state index in [1.807, 2.05) is 0 Å². The molecule has 1 N–H and O–H groups in total. The van der Waals surface area contributed by atoms with Crippen LogP contribution in [0, 0.1) is 3.57 Å². The molecule has 40 heavy (non-hydrogen) atoms. The Labute approximate surface area is 257 Å². The Bertz CT molecular complexity index is 1560. The van der Waals surface area contributed by atoms with Gasteiger partial charge in [-0.25, -0.2) is 4.79 Å². The summed E-state index contributed by atoms with van der Waals surface area (Å²) in [5.41, 5.74) is 1.88. The highest BCUT2D eigenvalue weighted by atomic mass is 127. The summed E-state index contributed by atoms with van der Waals surface area (Å²) in [7, 11) is 4.56. The van der Waals surface area contributed by atoms with E-state index in [0.717, 1.165) is 17.3 Å². The van der Waals surface area contributed by atoms with Crippen LogP contribution in [0.25, 0.3) is 17.5 Å². The van der Waals surface area contributed by atoms with Crippen LogP contribution in [0.15, 0.2) is 63.1 Å². The van der Waals surface area contributed by atoms with E-state index in [1.54, 1.807) is 48.5 Å². The maximum atomic E-state index is 12.1. The second kappa shape index (κ2) is 13.5. The minimum atomic E-state index is -1.17. The lowest BCUT2D eigenvalue weighted by atomic mass is 10.2. The number of carboxylic acid groups (broad SMARTS) is 1. The van der Waals surface area contributed by atoms with Crippen molar-refractivity contribution in [1.82, 2.24) is 10.2 Å². The fourth-order valence-corrected chi connectivity index (χ4v) is 5.35. The molecule has 4 aromatic rings. The number of carbonyl (C=O) groups is 1. The molecule has 0 atom stereocenters. The number of nitrogens with zero attached hydrogens (tertiary/aromatic N) is 2. The Kier molecular flexibility index (Phi) is 10.1. The lowest BCUT2D eigenvalue weighted by molar-refractivity contribution is -0.131. The van der Waals surface area contributed by atoms with Crippen LogP contribution in [0.4, 0.5) is 0 Å². The molecule has 0 aliphatic heterocycles. The quantitative estimate of drug-likeness (QED) is 0.0954. The Balaban J connectivity index is 1.57. The molecule has 1 aromatic heterocycles. The predicted octanol–water partition coefficient (Wildman–Crippen LogP) is 7.47. The number of benzene rings is 3. The number of aliphatic carboxylic acids is 1. The summed E-state index contributed by atoms with van der Waals surface area (Å²) < 4.78 is 28.5. The summed E-state index contributed by atoms with van der Waals surface area (Å²) in [6.07, 6.45) is 1.48. The van der Waals surface area contributed by atoms with Gasteiger partial charge in [-0.05, 0) is 82.4 Å². The summed E-state index contributed by atoms with van der Waals surface area (Å²) >= 11 is 15.1. The van der Waals surface area contributed by atoms with Crippen molar-refractivity contribution in [2.24, 2.45) is 0 Å². The maximum absolute atomic E-state index is 12.1. The highest BCUT2D eigenvalue weighted by molar-refractivity contribution is 14.1. The molecule has 9 nitrogen and oxygen atoms in total. The monoisotopic (exact) mass is 714 g/mol. The van der Waals surface area contributed by atoms with Crippen LogP contribution in [0.1, 0.15) is 11.1 Å². The van der Waals surface area contributed by atoms with E-state index in [9.17, 15) is 9.90 Å². The molecular formula is C27H21Cl2IN2O7S. The van der Waals surface area contributed by atoms with Crippen molar-refractivity contribution < 1.29 is 33.3 Å². The van der Waals surface area contributed by atoms with Crippen molar-refractivity contribution in [3.05, 3.63) is 78.2 Å². The second-order valence-electron chi connectivity index (χ2n) is 7.95. The number of rotatable bonds is 11. The number of hydrogen-bond donors (Lipinski definition) is 1. The van der Waals surface area contributed by atoms with E-state index in [2.05, 4.69) is 32.8 Å². The van der Waals surface area contributed by atoms with Gasteiger partial charge in [0, 0.05) is 27.2 Å². The SMILES string of the molecule is COc1cc(OC)cc(-c2nnc(S/C(=C\c3cc(I)c(OCc4ccc(Cl)cc4Cl)c(OC)c3)C(=O)O)o2)c1. The van der Waals surface area contributed by atoms with E-state index >= 15 is 0 Å². The summed E-state index contributed by atoms with van der Waals surface area (Å²) in [6, 6.07) is 13.7. The van der Waals surface area contributed by atoms with Gasteiger partial charge in [0.15, 0.2) is 11.5 Å². The molecule has 0 fully saturated rings. The number of carboxylic acids is 1. The van der Waals surface area contributed by atoms with Crippen molar-refractivity contribution >= 4 is 69.6 Å². The topological polar surface area (TPSA) is 113 Å². The van der Waals surface area contributed by atoms with Crippen molar-refractivity contribution in [2.75, 3.05) is 21.3 Å². The molecule has 0 saturated heterocycles. The zero-order valence-corrected chi connectivity index (χ0v) is 25.7. The number of ether oxygens (including phenoxy) is 4. The van der Waals surface area contributed by atoms with Gasteiger partial charge in [0.2, 0.25) is 5.89 Å². The first-order valence-corrected chi connectivity index (χ1v) is 14.0. The molecule has 0 aliphatic rings. The van der Waals surface area contributed by atoms with Gasteiger partial charge in [0.05, 0.1) is 24.9 Å². The van der Waals surface area contributed by atoms with Crippen LogP contribution in [0.3, 0.4) is 0 Å². The van der Waals surface area contributed by atoms with Crippen molar-refractivity contribution in [2.45, 2.75) is 11.8 Å². The van der Waals surface area contributed by atoms with Gasteiger partial charge in [0.1, 0.15) is 23.0 Å². The summed E-state index contributed by atoms with van der Waals surface area (Å²) in [6.45, 7) is 0.187. The normalized spacial score (nSPS) is 11.3. The molecule has 208 valence electrons. The van der Waals surface area contributed by atoms with Gasteiger partial charge < -0.3 is 28.5 Å². The average molecular weight is 715 g/mol. The Morgan fingerprint density at radius 2 is 1.75 bits per heavy atom. The zero-order valence-electron chi connectivity index (χ0n) is 21.2. The maximum Gasteiger partial charge on any atom is 0.342 e. The first-order chi connectivity index (χ1) is 19.2. The van der Waals surface area contributed by atoms with E-state index in [0.29, 0.717) is 47.7 Å². The third-order valence-electron chi connectivity index (χ3n) is 5.35. The Morgan fingerprint density at radius 3 is 2.38 bits per heavy atom. The summed E-state index contributed by atoms with van der Waals surface area (Å²) in [5, 5.41) is 19.0. The molecule has 4 rings (SSSR count). The van der Waals surface area contributed by atoms with Crippen LogP contribution < -0.4 is 18.9 Å². The number of halogens is 3. The van der Waals surface area contributed by atoms with Crippen molar-refractivity contribution in [1.29, 1.82) is 0 Å². The van der Waals surface area contributed by atoms with E-state index in [4.69, 9.17) is 46.6 Å². The van der Waals surface area contributed by atoms with E-state index in [1.165, 1.54) is 27.4 Å². The van der Waals surface area contributed by atoms with Gasteiger partial charge in [-0.1, -0.05) is 29.3 Å². The first-order valence-electron chi connectivity index (χ1n) is 11.3. The highest BCUT2D eigenvalue weighted by Gasteiger charge is 2.19. The lowest BCUT2D eigenvalue weighted by Gasteiger charge is -2.14. The van der Waals surface area contributed by atoms with Gasteiger partial charge in [-0.2, -0.15) is 0 Å². The standard InChI is InChI=1S/C27H21Cl2IN2O7S/c1-35-18-9-16(10-19(12-18)36-2)25-31-32-27(39-25)40-23(26(33)34)8-14-6-21(30)24(22(7-14)37-3)38-13-15-4-5-17(28)11-20(15)29/h4-12H,13H2,1-3H3,(H,33,34)/b23-8-. The Morgan fingerprint density at radius 1 is 1.02 bits per heavy atom. The lowest BCUT2D eigenvalue weighted by Crippen LogP contribution is -2.01. The summed E-state index contributed by atoms with van der Waals surface area (Å²) in [5.74, 6) is 1.01. The smallest absolute Gasteiger partial charge is 0.342 e. The average Bonchev–Trinajstić information content (AvgIpc) is 3.41. The third-order valence-corrected chi connectivity index (χ3v) is 7.59. The minimum absolute atomic E-state index is 0.0436. The molecule has 1 heterocycles. The summed E-state index contributed by atoms with van der Waals surface area (Å²) in [4.78, 5) is 12.0. The van der Waals surface area contributed by atoms with E-state index < -0.39 is 5.97 Å². The molecule has 0 aliphatic carbocycles. The molecule has 0 unspecified atom stereocenters. The van der Waals surface area contributed by atoms with Crippen LogP contribution in [0.5, 0.6) is 23.0 Å². The molecule has 13 heteroatoms. The van der Waals surface area contributed by atoms with E-state index in [-0.39, 0.29) is 22.6 Å². The molecular weight excluding hydrogens is 694 g/mol. The largest absolute Gasteiger partial charge is 0.497 e. The molecule has 0 radical (unpaired) electrons. The first kappa shape index (κ1) is 29.8. The minimum Gasteiger partial charge on any atom is -0.497 e. The number of thioether (sulfide) groups is 1. The van der Waals surface area contributed by atoms with Crippen molar-refractivity contribution in [3.8, 4) is 34.5 Å². The fraction of sp³-hybridized carbons (Fsp3) is 0.148. The number of aromatic nitrogens is 2. The second-order valence-corrected chi connectivity index (χ2v) is 10.9. The highest BCUT2D eigenvalue weighted by Crippen LogP contribution is 2.38. The predicted molar refractivity (Wildman–Crippen MR) is 161 cm³/mol. The molecule has 0 bridgehead atoms. The van der Waals surface area contributed by atoms with Gasteiger partial charge >= 0.3 is 5.97 Å². The van der Waals surface area contributed by atoms with Gasteiger partial charge in [-0.15, -0.1) is 10.2 Å². The Hall–Kier alpha value is -3.13. The number of hydrogen-bond acceptors (Lipinski definition) is 9. The van der Waals surface area contributed by atoms with Crippen LogP contribution in [-0.2, 0) is 11.4 Å². The molecule has 3 aromatic carbocycles. The fourth-order valence-electron chi connectivity index (χ4n) is 3.43. The van der Waals surface area contributed by atoms with Crippen LogP contribution in [-0.4, -0.2) is 42.6 Å². The number of methoxy groups -OCH3 is 3. The van der Waals surface area contributed by atoms with Crippen LogP contribution >= 0.6 is 57.6 Å². The van der Waals surface area contributed by atoms with Gasteiger partial charge in [0.25, 0.3) is 5.22 Å². The third kappa shape index (κ3) is 7.33.